The molecular formula is C8H11Cl2N3. The number of anilines is 1. The predicted molar refractivity (Wildman–Crippen MR) is 56.7 cm³/mol. The van der Waals surface area contributed by atoms with E-state index < -0.39 is 0 Å². The minimum Gasteiger partial charge on any atom is -0.368 e. The Balaban J connectivity index is 2.56. The first-order chi connectivity index (χ1) is 6.24. The summed E-state index contributed by atoms with van der Waals surface area (Å²) in [6.07, 6.45) is 1.56. The van der Waals surface area contributed by atoms with Gasteiger partial charge in [0.15, 0.2) is 0 Å². The first kappa shape index (κ1) is 10.6. The standard InChI is InChI=1S/C8H11Cl2N3/c1-11-2-3-12-8-7(10)4-6(9)5-13-8/h4-5,11H,2-3H2,1H3,(H,12,13). The van der Waals surface area contributed by atoms with E-state index in [1.165, 1.54) is 0 Å². The molecule has 0 unspecified atom stereocenters. The van der Waals surface area contributed by atoms with Crippen LogP contribution in [0, 0.1) is 0 Å². The lowest BCUT2D eigenvalue weighted by Crippen LogP contribution is -2.18. The molecule has 3 nitrogen and oxygen atoms in total. The van der Waals surface area contributed by atoms with Crippen molar-refractivity contribution in [1.82, 2.24) is 10.3 Å². The molecule has 0 amide bonds. The Morgan fingerprint density at radius 1 is 1.38 bits per heavy atom. The second-order valence-electron chi connectivity index (χ2n) is 2.51. The van der Waals surface area contributed by atoms with Gasteiger partial charge in [-0.05, 0) is 13.1 Å². The van der Waals surface area contributed by atoms with Crippen molar-refractivity contribution in [2.45, 2.75) is 0 Å². The van der Waals surface area contributed by atoms with Gasteiger partial charge in [-0.2, -0.15) is 0 Å². The average molecular weight is 220 g/mol. The number of rotatable bonds is 4. The Hall–Kier alpha value is -0.510. The van der Waals surface area contributed by atoms with Gasteiger partial charge in [-0.25, -0.2) is 4.98 Å². The molecule has 72 valence electrons. The lowest BCUT2D eigenvalue weighted by Gasteiger charge is -2.06. The summed E-state index contributed by atoms with van der Waals surface area (Å²) in [4.78, 5) is 4.05. The zero-order valence-corrected chi connectivity index (χ0v) is 8.78. The molecule has 1 aromatic heterocycles. The third kappa shape index (κ3) is 3.38. The maximum Gasteiger partial charge on any atom is 0.144 e. The van der Waals surface area contributed by atoms with Crippen LogP contribution < -0.4 is 10.6 Å². The van der Waals surface area contributed by atoms with Gasteiger partial charge >= 0.3 is 0 Å². The van der Waals surface area contributed by atoms with Crippen LogP contribution in [0.4, 0.5) is 5.82 Å². The van der Waals surface area contributed by atoms with E-state index in [0.29, 0.717) is 15.9 Å². The van der Waals surface area contributed by atoms with Crippen LogP contribution in [-0.4, -0.2) is 25.1 Å². The summed E-state index contributed by atoms with van der Waals surface area (Å²) >= 11 is 11.6. The lowest BCUT2D eigenvalue weighted by molar-refractivity contribution is 0.821. The summed E-state index contributed by atoms with van der Waals surface area (Å²) < 4.78 is 0. The van der Waals surface area contributed by atoms with Crippen LogP contribution in [0.1, 0.15) is 0 Å². The number of hydrogen-bond donors (Lipinski definition) is 2. The molecule has 0 aliphatic heterocycles. The highest BCUT2D eigenvalue weighted by Gasteiger charge is 2.00. The second kappa shape index (κ2) is 5.27. The molecule has 0 fully saturated rings. The normalized spacial score (nSPS) is 10.1. The van der Waals surface area contributed by atoms with Crippen molar-refractivity contribution >= 4 is 29.0 Å². The summed E-state index contributed by atoms with van der Waals surface area (Å²) in [5.41, 5.74) is 0. The van der Waals surface area contributed by atoms with Crippen molar-refractivity contribution in [3.63, 3.8) is 0 Å². The third-order valence-electron chi connectivity index (χ3n) is 1.48. The quantitative estimate of drug-likeness (QED) is 0.762. The Morgan fingerprint density at radius 2 is 2.15 bits per heavy atom. The first-order valence-corrected chi connectivity index (χ1v) is 4.69. The Labute approximate surface area is 87.5 Å². The molecule has 13 heavy (non-hydrogen) atoms. The minimum atomic E-state index is 0.545. The third-order valence-corrected chi connectivity index (χ3v) is 1.97. The van der Waals surface area contributed by atoms with Crippen LogP contribution in [-0.2, 0) is 0 Å². The number of likely N-dealkylation sites (N-methyl/N-ethyl adjacent to an activating group) is 1. The Bertz CT molecular complexity index is 278. The highest BCUT2D eigenvalue weighted by atomic mass is 35.5. The van der Waals surface area contributed by atoms with Crippen molar-refractivity contribution in [2.75, 3.05) is 25.5 Å². The van der Waals surface area contributed by atoms with Crippen LogP contribution in [0.5, 0.6) is 0 Å². The molecule has 1 heterocycles. The predicted octanol–water partition coefficient (Wildman–Crippen LogP) is 2.02. The molecule has 0 aliphatic rings. The summed E-state index contributed by atoms with van der Waals surface area (Å²) in [5.74, 6) is 0.668. The van der Waals surface area contributed by atoms with E-state index in [1.54, 1.807) is 12.3 Å². The van der Waals surface area contributed by atoms with Gasteiger partial charge in [-0.3, -0.25) is 0 Å². The topological polar surface area (TPSA) is 37.0 Å². The van der Waals surface area contributed by atoms with Crippen LogP contribution in [0.2, 0.25) is 10.0 Å². The van der Waals surface area contributed by atoms with Gasteiger partial charge in [-0.1, -0.05) is 23.2 Å². The van der Waals surface area contributed by atoms with E-state index in [1.807, 2.05) is 7.05 Å². The van der Waals surface area contributed by atoms with Gasteiger partial charge < -0.3 is 10.6 Å². The van der Waals surface area contributed by atoms with Crippen LogP contribution in [0.25, 0.3) is 0 Å². The van der Waals surface area contributed by atoms with E-state index in [-0.39, 0.29) is 0 Å². The first-order valence-electron chi connectivity index (χ1n) is 3.93. The fourth-order valence-electron chi connectivity index (χ4n) is 0.851. The maximum absolute atomic E-state index is 5.88. The fourth-order valence-corrected chi connectivity index (χ4v) is 1.30. The monoisotopic (exact) mass is 219 g/mol. The number of pyridine rings is 1. The van der Waals surface area contributed by atoms with Gasteiger partial charge in [0.25, 0.3) is 0 Å². The molecule has 0 radical (unpaired) electrons. The van der Waals surface area contributed by atoms with Gasteiger partial charge in [0, 0.05) is 19.3 Å². The molecule has 0 saturated carbocycles. The van der Waals surface area contributed by atoms with E-state index in [4.69, 9.17) is 23.2 Å². The van der Waals surface area contributed by atoms with E-state index in [2.05, 4.69) is 15.6 Å². The Kier molecular flexibility index (Phi) is 4.28. The molecule has 0 saturated heterocycles. The number of nitrogens with zero attached hydrogens (tertiary/aromatic N) is 1. The molecular weight excluding hydrogens is 209 g/mol. The zero-order chi connectivity index (χ0) is 9.68. The molecule has 0 aromatic carbocycles. The summed E-state index contributed by atoms with van der Waals surface area (Å²) in [6.45, 7) is 1.64. The summed E-state index contributed by atoms with van der Waals surface area (Å²) in [5, 5.41) is 7.18. The zero-order valence-electron chi connectivity index (χ0n) is 7.27. The number of hydrogen-bond acceptors (Lipinski definition) is 3. The van der Waals surface area contributed by atoms with Crippen LogP contribution in [0.15, 0.2) is 12.3 Å². The average Bonchev–Trinajstić information content (AvgIpc) is 2.09. The molecule has 0 bridgehead atoms. The van der Waals surface area contributed by atoms with E-state index in [0.717, 1.165) is 13.1 Å². The second-order valence-corrected chi connectivity index (χ2v) is 3.36. The lowest BCUT2D eigenvalue weighted by atomic mass is 10.4. The van der Waals surface area contributed by atoms with Gasteiger partial charge in [0.05, 0.1) is 10.0 Å². The molecule has 0 atom stereocenters. The molecule has 2 N–H and O–H groups in total. The number of halogens is 2. The molecule has 5 heteroatoms. The fraction of sp³-hybridized carbons (Fsp3) is 0.375. The Morgan fingerprint density at radius 3 is 2.77 bits per heavy atom. The van der Waals surface area contributed by atoms with Crippen molar-refractivity contribution in [3.8, 4) is 0 Å². The van der Waals surface area contributed by atoms with E-state index >= 15 is 0 Å². The van der Waals surface area contributed by atoms with Gasteiger partial charge in [0.1, 0.15) is 5.82 Å². The molecule has 1 aromatic rings. The van der Waals surface area contributed by atoms with Crippen molar-refractivity contribution in [3.05, 3.63) is 22.3 Å². The van der Waals surface area contributed by atoms with Gasteiger partial charge in [-0.15, -0.1) is 0 Å². The van der Waals surface area contributed by atoms with E-state index in [9.17, 15) is 0 Å². The smallest absolute Gasteiger partial charge is 0.144 e. The summed E-state index contributed by atoms with van der Waals surface area (Å²) in [7, 11) is 1.89. The largest absolute Gasteiger partial charge is 0.368 e. The van der Waals surface area contributed by atoms with Crippen molar-refractivity contribution in [2.24, 2.45) is 0 Å². The number of nitrogens with one attached hydrogen (secondary N) is 2. The van der Waals surface area contributed by atoms with Gasteiger partial charge in [0.2, 0.25) is 0 Å². The van der Waals surface area contributed by atoms with Crippen LogP contribution >= 0.6 is 23.2 Å². The van der Waals surface area contributed by atoms with Crippen molar-refractivity contribution in [1.29, 1.82) is 0 Å². The SMILES string of the molecule is CNCCNc1ncc(Cl)cc1Cl. The highest BCUT2D eigenvalue weighted by Crippen LogP contribution is 2.21. The maximum atomic E-state index is 5.88. The molecule has 0 spiro atoms. The molecule has 0 aliphatic carbocycles. The molecule has 1 rings (SSSR count). The van der Waals surface area contributed by atoms with Crippen LogP contribution in [0.3, 0.4) is 0 Å². The minimum absolute atomic E-state index is 0.545. The highest BCUT2D eigenvalue weighted by molar-refractivity contribution is 6.35. The van der Waals surface area contributed by atoms with Crippen molar-refractivity contribution < 1.29 is 0 Å². The number of aromatic nitrogens is 1. The summed E-state index contributed by atoms with van der Waals surface area (Å²) in [6, 6.07) is 1.66.